The minimum atomic E-state index is -0.676. The van der Waals surface area contributed by atoms with Gasteiger partial charge in [0, 0.05) is 10.7 Å². The number of benzene rings is 1. The van der Waals surface area contributed by atoms with E-state index in [0.29, 0.717) is 16.3 Å². The monoisotopic (exact) mass is 293 g/mol. The topological polar surface area (TPSA) is 75.4 Å². The third-order valence-corrected chi connectivity index (χ3v) is 4.37. The SMILES string of the molecule is Nc1ccc(Cl)cc1CN1C(=O)NC2(CCCC2)C1=O. The molecule has 1 aliphatic carbocycles. The van der Waals surface area contributed by atoms with Crippen LogP contribution in [0.15, 0.2) is 18.2 Å². The van der Waals surface area contributed by atoms with Crippen molar-refractivity contribution >= 4 is 29.2 Å². The second-order valence-corrected chi connectivity index (χ2v) is 5.89. The molecule has 1 saturated carbocycles. The van der Waals surface area contributed by atoms with Crippen LogP contribution in [0.2, 0.25) is 5.02 Å². The average molecular weight is 294 g/mol. The highest BCUT2D eigenvalue weighted by molar-refractivity contribution is 6.30. The number of carbonyl (C=O) groups is 2. The van der Waals surface area contributed by atoms with Crippen LogP contribution in [-0.2, 0) is 11.3 Å². The van der Waals surface area contributed by atoms with E-state index < -0.39 is 5.54 Å². The Labute approximate surface area is 122 Å². The van der Waals surface area contributed by atoms with Gasteiger partial charge in [0.2, 0.25) is 0 Å². The van der Waals surface area contributed by atoms with Crippen LogP contribution in [0.1, 0.15) is 31.2 Å². The minimum Gasteiger partial charge on any atom is -0.398 e. The Morgan fingerprint density at radius 3 is 2.70 bits per heavy atom. The summed E-state index contributed by atoms with van der Waals surface area (Å²) in [5, 5.41) is 3.39. The molecule has 6 heteroatoms. The molecule has 0 radical (unpaired) electrons. The van der Waals surface area contributed by atoms with Gasteiger partial charge < -0.3 is 11.1 Å². The summed E-state index contributed by atoms with van der Waals surface area (Å²) < 4.78 is 0. The molecule has 1 aliphatic heterocycles. The van der Waals surface area contributed by atoms with Crippen LogP contribution in [-0.4, -0.2) is 22.4 Å². The molecular formula is C14H16ClN3O2. The molecule has 0 aromatic heterocycles. The molecule has 20 heavy (non-hydrogen) atoms. The first-order valence-corrected chi connectivity index (χ1v) is 7.08. The van der Waals surface area contributed by atoms with Crippen molar-refractivity contribution in [1.29, 1.82) is 0 Å². The largest absolute Gasteiger partial charge is 0.398 e. The van der Waals surface area contributed by atoms with Gasteiger partial charge in [0.1, 0.15) is 5.54 Å². The number of halogens is 1. The van der Waals surface area contributed by atoms with Crippen LogP contribution in [0.3, 0.4) is 0 Å². The van der Waals surface area contributed by atoms with Crippen molar-refractivity contribution in [2.75, 3.05) is 5.73 Å². The number of nitrogen functional groups attached to an aromatic ring is 1. The van der Waals surface area contributed by atoms with E-state index in [-0.39, 0.29) is 18.5 Å². The number of nitrogens with one attached hydrogen (secondary N) is 1. The smallest absolute Gasteiger partial charge is 0.325 e. The maximum absolute atomic E-state index is 12.5. The molecule has 3 rings (SSSR count). The number of hydrogen-bond acceptors (Lipinski definition) is 3. The lowest BCUT2D eigenvalue weighted by Crippen LogP contribution is -2.44. The van der Waals surface area contributed by atoms with E-state index in [2.05, 4.69) is 5.32 Å². The third-order valence-electron chi connectivity index (χ3n) is 4.14. The molecule has 3 amide bonds. The Morgan fingerprint density at radius 1 is 1.30 bits per heavy atom. The van der Waals surface area contributed by atoms with Crippen molar-refractivity contribution in [1.82, 2.24) is 10.2 Å². The highest BCUT2D eigenvalue weighted by Crippen LogP contribution is 2.36. The predicted octanol–water partition coefficient (Wildman–Crippen LogP) is 2.29. The number of urea groups is 1. The van der Waals surface area contributed by atoms with Crippen LogP contribution in [0, 0.1) is 0 Å². The summed E-state index contributed by atoms with van der Waals surface area (Å²) in [4.78, 5) is 25.8. The zero-order valence-electron chi connectivity index (χ0n) is 11.0. The molecule has 106 valence electrons. The summed E-state index contributed by atoms with van der Waals surface area (Å²) in [7, 11) is 0. The van der Waals surface area contributed by atoms with Crippen LogP contribution in [0.4, 0.5) is 10.5 Å². The van der Waals surface area contributed by atoms with Gasteiger partial charge in [-0.2, -0.15) is 0 Å². The second-order valence-electron chi connectivity index (χ2n) is 5.45. The zero-order valence-corrected chi connectivity index (χ0v) is 11.7. The molecule has 1 spiro atoms. The van der Waals surface area contributed by atoms with Crippen LogP contribution in [0.25, 0.3) is 0 Å². The summed E-state index contributed by atoms with van der Waals surface area (Å²) >= 11 is 5.94. The van der Waals surface area contributed by atoms with Gasteiger partial charge in [-0.3, -0.25) is 9.69 Å². The molecule has 2 fully saturated rings. The molecule has 0 unspecified atom stereocenters. The van der Waals surface area contributed by atoms with E-state index in [1.54, 1.807) is 18.2 Å². The summed E-state index contributed by atoms with van der Waals surface area (Å²) in [6.45, 7) is 0.165. The summed E-state index contributed by atoms with van der Waals surface area (Å²) in [5.41, 5.74) is 6.42. The third kappa shape index (κ3) is 2.02. The molecule has 0 bridgehead atoms. The standard InChI is InChI=1S/C14H16ClN3O2/c15-10-3-4-11(16)9(7-10)8-18-12(19)14(17-13(18)20)5-1-2-6-14/h3-4,7H,1-2,5-6,8,16H2,(H,17,20). The van der Waals surface area contributed by atoms with E-state index in [1.165, 1.54) is 4.90 Å². The summed E-state index contributed by atoms with van der Waals surface area (Å²) in [5.74, 6) is -0.139. The van der Waals surface area contributed by atoms with E-state index in [9.17, 15) is 9.59 Å². The Balaban J connectivity index is 1.86. The fraction of sp³-hybridized carbons (Fsp3) is 0.429. The highest BCUT2D eigenvalue weighted by Gasteiger charge is 2.52. The van der Waals surface area contributed by atoms with Crippen molar-refractivity contribution in [2.24, 2.45) is 0 Å². The van der Waals surface area contributed by atoms with Gasteiger partial charge in [-0.1, -0.05) is 24.4 Å². The first kappa shape index (κ1) is 13.2. The van der Waals surface area contributed by atoms with Gasteiger partial charge in [-0.25, -0.2) is 4.79 Å². The van der Waals surface area contributed by atoms with Crippen molar-refractivity contribution in [2.45, 2.75) is 37.8 Å². The molecule has 1 aromatic carbocycles. The predicted molar refractivity (Wildman–Crippen MR) is 76.1 cm³/mol. The van der Waals surface area contributed by atoms with Gasteiger partial charge >= 0.3 is 6.03 Å². The Hall–Kier alpha value is -1.75. The van der Waals surface area contributed by atoms with Crippen molar-refractivity contribution in [3.63, 3.8) is 0 Å². The van der Waals surface area contributed by atoms with Gasteiger partial charge in [-0.05, 0) is 36.6 Å². The van der Waals surface area contributed by atoms with Gasteiger partial charge in [-0.15, -0.1) is 0 Å². The summed E-state index contributed by atoms with van der Waals surface area (Å²) in [6.07, 6.45) is 3.39. The van der Waals surface area contributed by atoms with E-state index in [0.717, 1.165) is 25.7 Å². The molecule has 1 heterocycles. The van der Waals surface area contributed by atoms with E-state index in [1.807, 2.05) is 0 Å². The second kappa shape index (κ2) is 4.66. The van der Waals surface area contributed by atoms with Crippen LogP contribution < -0.4 is 11.1 Å². The Morgan fingerprint density at radius 2 is 2.00 bits per heavy atom. The number of rotatable bonds is 2. The molecule has 3 N–H and O–H groups in total. The van der Waals surface area contributed by atoms with Crippen LogP contribution in [0.5, 0.6) is 0 Å². The number of hydrogen-bond donors (Lipinski definition) is 2. The van der Waals surface area contributed by atoms with Crippen molar-refractivity contribution in [3.05, 3.63) is 28.8 Å². The molecule has 1 aromatic rings. The van der Waals surface area contributed by atoms with Crippen LogP contribution >= 0.6 is 11.6 Å². The lowest BCUT2D eigenvalue weighted by Gasteiger charge is -2.20. The molecule has 0 atom stereocenters. The normalized spacial score (nSPS) is 20.8. The van der Waals surface area contributed by atoms with Crippen molar-refractivity contribution in [3.8, 4) is 0 Å². The average Bonchev–Trinajstić information content (AvgIpc) is 2.96. The van der Waals surface area contributed by atoms with Gasteiger partial charge in [0.25, 0.3) is 5.91 Å². The number of nitrogens with zero attached hydrogens (tertiary/aromatic N) is 1. The minimum absolute atomic E-state index is 0.139. The highest BCUT2D eigenvalue weighted by atomic mass is 35.5. The number of carbonyl (C=O) groups excluding carboxylic acids is 2. The lowest BCUT2D eigenvalue weighted by atomic mass is 9.98. The van der Waals surface area contributed by atoms with Crippen molar-refractivity contribution < 1.29 is 9.59 Å². The van der Waals surface area contributed by atoms with E-state index in [4.69, 9.17) is 17.3 Å². The number of nitrogens with two attached hydrogens (primary N) is 1. The number of amides is 3. The lowest BCUT2D eigenvalue weighted by molar-refractivity contribution is -0.131. The van der Waals surface area contributed by atoms with E-state index >= 15 is 0 Å². The first-order chi connectivity index (χ1) is 9.52. The Kier molecular flexibility index (Phi) is 3.09. The number of anilines is 1. The quantitative estimate of drug-likeness (QED) is 0.649. The molecule has 5 nitrogen and oxygen atoms in total. The maximum atomic E-state index is 12.5. The fourth-order valence-electron chi connectivity index (χ4n) is 3.02. The first-order valence-electron chi connectivity index (χ1n) is 6.70. The zero-order chi connectivity index (χ0) is 14.3. The molecular weight excluding hydrogens is 278 g/mol. The summed E-state index contributed by atoms with van der Waals surface area (Å²) in [6, 6.07) is 4.72. The van der Waals surface area contributed by atoms with Gasteiger partial charge in [0.05, 0.1) is 6.54 Å². The van der Waals surface area contributed by atoms with Gasteiger partial charge in [0.15, 0.2) is 0 Å². The maximum Gasteiger partial charge on any atom is 0.325 e. The Bertz CT molecular complexity index is 582. The molecule has 2 aliphatic rings. The number of imide groups is 1. The molecule has 1 saturated heterocycles. The fourth-order valence-corrected chi connectivity index (χ4v) is 3.21.